The van der Waals surface area contributed by atoms with Gasteiger partial charge in [-0.3, -0.25) is 13.8 Å². The maximum atomic E-state index is 12.5. The van der Waals surface area contributed by atoms with Gasteiger partial charge in [0.25, 0.3) is 0 Å². The van der Waals surface area contributed by atoms with Gasteiger partial charge in [0.05, 0.1) is 31.7 Å². The molecule has 0 bridgehead atoms. The fraction of sp³-hybridized carbons (Fsp3) is 0.744. The van der Waals surface area contributed by atoms with Gasteiger partial charge in [-0.25, -0.2) is 4.57 Å². The number of hydrogen-bond donors (Lipinski definition) is 2. The van der Waals surface area contributed by atoms with Crippen molar-refractivity contribution >= 4 is 13.8 Å². The highest BCUT2D eigenvalue weighted by atomic mass is 31.2. The van der Waals surface area contributed by atoms with Crippen LogP contribution in [0.15, 0.2) is 60.9 Å². The van der Waals surface area contributed by atoms with Crippen molar-refractivity contribution in [2.75, 3.05) is 26.4 Å². The predicted octanol–water partition coefficient (Wildman–Crippen LogP) is 11.5. The quantitative estimate of drug-likeness (QED) is 0.0157. The van der Waals surface area contributed by atoms with Crippen LogP contribution < -0.4 is 5.73 Å². The van der Waals surface area contributed by atoms with Crippen LogP contribution in [0.3, 0.4) is 0 Å². The van der Waals surface area contributed by atoms with Gasteiger partial charge >= 0.3 is 13.8 Å². The number of phosphoric acid groups is 1. The highest BCUT2D eigenvalue weighted by molar-refractivity contribution is 7.47. The zero-order chi connectivity index (χ0) is 38.5. The van der Waals surface area contributed by atoms with Crippen LogP contribution >= 0.6 is 7.82 Å². The van der Waals surface area contributed by atoms with Gasteiger partial charge in [-0.1, -0.05) is 146 Å². The van der Waals surface area contributed by atoms with E-state index in [1.807, 2.05) is 6.08 Å². The van der Waals surface area contributed by atoms with E-state index in [0.717, 1.165) is 51.4 Å². The highest BCUT2D eigenvalue weighted by Crippen LogP contribution is 2.43. The molecule has 0 amide bonds. The Morgan fingerprint density at radius 2 is 1.25 bits per heavy atom. The van der Waals surface area contributed by atoms with Crippen LogP contribution in [0, 0.1) is 0 Å². The minimum atomic E-state index is -4.31. The number of esters is 1. The molecule has 1 aliphatic rings. The van der Waals surface area contributed by atoms with E-state index in [1.54, 1.807) is 6.26 Å². The Labute approximate surface area is 323 Å². The van der Waals surface area contributed by atoms with Crippen molar-refractivity contribution in [3.05, 3.63) is 60.9 Å². The number of ether oxygens (including phenoxy) is 3. The molecule has 10 heteroatoms. The average molecular weight is 766 g/mol. The van der Waals surface area contributed by atoms with Crippen molar-refractivity contribution < 1.29 is 37.5 Å². The third kappa shape index (κ3) is 33.1. The number of rotatable bonds is 38. The Morgan fingerprint density at radius 3 is 1.81 bits per heavy atom. The van der Waals surface area contributed by atoms with E-state index in [2.05, 4.69) is 62.5 Å². The maximum absolute atomic E-state index is 12.5. The molecule has 306 valence electrons. The number of allylic oxidation sites excluding steroid dienone is 8. The fourth-order valence-electron chi connectivity index (χ4n) is 5.77. The lowest BCUT2D eigenvalue weighted by Gasteiger charge is -2.19. The summed E-state index contributed by atoms with van der Waals surface area (Å²) in [7, 11) is -4.31. The molecule has 9 nitrogen and oxygen atoms in total. The van der Waals surface area contributed by atoms with Crippen LogP contribution in [0.1, 0.15) is 162 Å². The molecule has 0 aromatic carbocycles. The molecule has 0 aromatic heterocycles. The molecule has 4 atom stereocenters. The minimum absolute atomic E-state index is 0.00523. The Morgan fingerprint density at radius 1 is 0.698 bits per heavy atom. The molecule has 3 N–H and O–H groups in total. The van der Waals surface area contributed by atoms with Gasteiger partial charge in [0.2, 0.25) is 0 Å². The van der Waals surface area contributed by atoms with Crippen molar-refractivity contribution in [1.29, 1.82) is 0 Å². The molecule has 0 radical (unpaired) electrons. The largest absolute Gasteiger partial charge is 0.498 e. The summed E-state index contributed by atoms with van der Waals surface area (Å²) in [6.07, 6.45) is 46.8. The van der Waals surface area contributed by atoms with Crippen LogP contribution in [0.25, 0.3) is 0 Å². The van der Waals surface area contributed by atoms with E-state index in [1.165, 1.54) is 83.5 Å². The van der Waals surface area contributed by atoms with Gasteiger partial charge in [0, 0.05) is 13.0 Å². The Kier molecular flexibility index (Phi) is 33.0. The van der Waals surface area contributed by atoms with E-state index < -0.39 is 19.9 Å². The predicted molar refractivity (Wildman–Crippen MR) is 219 cm³/mol. The first kappa shape index (κ1) is 49.0. The second-order valence-electron chi connectivity index (χ2n) is 13.9. The number of carbonyl (C=O) groups excluding carboxylic acids is 1. The number of carbonyl (C=O) groups is 1. The zero-order valence-corrected chi connectivity index (χ0v) is 34.3. The molecule has 53 heavy (non-hydrogen) atoms. The van der Waals surface area contributed by atoms with Gasteiger partial charge < -0.3 is 24.8 Å². The van der Waals surface area contributed by atoms with Crippen molar-refractivity contribution in [3.8, 4) is 0 Å². The number of nitrogens with two attached hydrogens (primary N) is 1. The Hall–Kier alpha value is -2.00. The lowest BCUT2D eigenvalue weighted by atomic mass is 10.0. The van der Waals surface area contributed by atoms with E-state index in [4.69, 9.17) is 29.0 Å². The molecule has 1 saturated heterocycles. The Bertz CT molecular complexity index is 1060. The van der Waals surface area contributed by atoms with Crippen molar-refractivity contribution in [2.45, 2.75) is 180 Å². The normalized spacial score (nSPS) is 17.9. The van der Waals surface area contributed by atoms with Gasteiger partial charge in [-0.15, -0.1) is 0 Å². The van der Waals surface area contributed by atoms with Crippen molar-refractivity contribution in [1.82, 2.24) is 0 Å². The third-order valence-corrected chi connectivity index (χ3v) is 9.97. The topological polar surface area (TPSA) is 130 Å². The summed E-state index contributed by atoms with van der Waals surface area (Å²) in [6.45, 7) is 4.07. The van der Waals surface area contributed by atoms with Crippen LogP contribution in [0.4, 0.5) is 0 Å². The van der Waals surface area contributed by atoms with E-state index in [0.29, 0.717) is 18.6 Å². The van der Waals surface area contributed by atoms with Crippen molar-refractivity contribution in [2.24, 2.45) is 5.73 Å². The van der Waals surface area contributed by atoms with Gasteiger partial charge in [-0.05, 0) is 63.9 Å². The molecule has 1 fully saturated rings. The summed E-state index contributed by atoms with van der Waals surface area (Å²) in [5.41, 5.74) is 5.35. The van der Waals surface area contributed by atoms with Crippen LogP contribution in [-0.2, 0) is 32.6 Å². The number of hydrogen-bond acceptors (Lipinski definition) is 8. The summed E-state index contributed by atoms with van der Waals surface area (Å²) in [4.78, 5) is 22.4. The number of phosphoric ester groups is 1. The lowest BCUT2D eigenvalue weighted by molar-refractivity contribution is -0.153. The SMILES string of the molecule is CCCCCCCCCCCCCCCC/C=C\OCC(COP(=O)(O)OCCN)OC(=O)CCC/C=C\C/C=C\C/C=C\C/C=C\CC1OC1CC. The smallest absolute Gasteiger partial charge is 0.472 e. The number of epoxide rings is 1. The molecular weight excluding hydrogens is 689 g/mol. The molecule has 0 aliphatic carbocycles. The molecular formula is C43H76NO8P. The van der Waals surface area contributed by atoms with Crippen LogP contribution in [0.2, 0.25) is 0 Å². The molecule has 0 aromatic rings. The van der Waals surface area contributed by atoms with E-state index >= 15 is 0 Å². The van der Waals surface area contributed by atoms with Crippen molar-refractivity contribution in [3.63, 3.8) is 0 Å². The minimum Gasteiger partial charge on any atom is -0.498 e. The summed E-state index contributed by atoms with van der Waals surface area (Å²) >= 11 is 0. The zero-order valence-electron chi connectivity index (χ0n) is 33.4. The van der Waals surface area contributed by atoms with Gasteiger partial charge in [0.1, 0.15) is 6.61 Å². The molecule has 1 heterocycles. The third-order valence-electron chi connectivity index (χ3n) is 8.99. The summed E-state index contributed by atoms with van der Waals surface area (Å²) in [5, 5.41) is 0. The van der Waals surface area contributed by atoms with E-state index in [9.17, 15) is 14.3 Å². The summed E-state index contributed by atoms with van der Waals surface area (Å²) < 4.78 is 38.6. The fourth-order valence-corrected chi connectivity index (χ4v) is 6.54. The summed E-state index contributed by atoms with van der Waals surface area (Å²) in [5.74, 6) is -0.412. The molecule has 4 unspecified atom stereocenters. The number of unbranched alkanes of at least 4 members (excludes halogenated alkanes) is 15. The second-order valence-corrected chi connectivity index (χ2v) is 15.4. The summed E-state index contributed by atoms with van der Waals surface area (Å²) in [6, 6.07) is 0. The molecule has 0 saturated carbocycles. The van der Waals surface area contributed by atoms with Gasteiger partial charge in [-0.2, -0.15) is 0 Å². The van der Waals surface area contributed by atoms with Gasteiger partial charge in [0.15, 0.2) is 6.10 Å². The molecule has 0 spiro atoms. The first-order valence-corrected chi connectivity index (χ1v) is 22.4. The molecule has 1 aliphatic heterocycles. The maximum Gasteiger partial charge on any atom is 0.472 e. The monoisotopic (exact) mass is 766 g/mol. The second kappa shape index (κ2) is 35.7. The first-order chi connectivity index (χ1) is 25.9. The Balaban J connectivity index is 2.19. The molecule has 1 rings (SSSR count). The van der Waals surface area contributed by atoms with Crippen LogP contribution in [0.5, 0.6) is 0 Å². The van der Waals surface area contributed by atoms with E-state index in [-0.39, 0.29) is 32.8 Å². The lowest BCUT2D eigenvalue weighted by Crippen LogP contribution is -2.27. The van der Waals surface area contributed by atoms with Crippen LogP contribution in [-0.4, -0.2) is 55.5 Å². The standard InChI is InChI=1S/C43H76NO8P/c1-3-5-6-7-8-9-10-11-12-13-17-20-23-26-29-32-36-48-38-40(39-50-53(46,47)49-37-35-44)51-43(45)34-31-28-25-22-19-16-14-15-18-21-24-27-30-33-42-41(4-2)52-42/h14,16,18,21-22,25,27,30,32,36,40-42H,3-13,15,17,19-20,23-24,26,28-29,31,33-35,37-39,44H2,1-2H3,(H,46,47)/b16-14-,21-18-,25-22-,30-27-,36-32-. The first-order valence-electron chi connectivity index (χ1n) is 20.9. The highest BCUT2D eigenvalue weighted by Gasteiger charge is 2.35. The average Bonchev–Trinajstić information content (AvgIpc) is 3.92.